The van der Waals surface area contributed by atoms with Gasteiger partial charge in [0, 0.05) is 22.5 Å². The fraction of sp³-hybridized carbons (Fsp3) is 0.367. The van der Waals surface area contributed by atoms with E-state index < -0.39 is 24.7 Å². The van der Waals surface area contributed by atoms with Crippen LogP contribution in [-0.4, -0.2) is 17.5 Å². The van der Waals surface area contributed by atoms with Gasteiger partial charge in [0.15, 0.2) is 0 Å². The van der Waals surface area contributed by atoms with Gasteiger partial charge in [-0.15, -0.1) is 0 Å². The number of amides is 1. The van der Waals surface area contributed by atoms with Crippen molar-refractivity contribution in [1.82, 2.24) is 10.3 Å². The van der Waals surface area contributed by atoms with Crippen molar-refractivity contribution in [2.45, 2.75) is 64.3 Å². The third-order valence-corrected chi connectivity index (χ3v) is 8.23. The summed E-state index contributed by atoms with van der Waals surface area (Å²) < 4.78 is 21.7. The third kappa shape index (κ3) is 7.32. The minimum absolute atomic E-state index is 0. The first kappa shape index (κ1) is 34.3. The van der Waals surface area contributed by atoms with E-state index in [9.17, 15) is 19.1 Å². The largest absolute Gasteiger partial charge is 1.00 e. The summed E-state index contributed by atoms with van der Waals surface area (Å²) in [5.74, 6) is 1.39. The molecule has 1 atom stereocenters. The second kappa shape index (κ2) is 12.8. The fourth-order valence-electron chi connectivity index (χ4n) is 5.40. The predicted molar refractivity (Wildman–Crippen MR) is 145 cm³/mol. The summed E-state index contributed by atoms with van der Waals surface area (Å²) in [7, 11) is -5.10. The average Bonchev–Trinajstić information content (AvgIpc) is 3.38. The van der Waals surface area contributed by atoms with Gasteiger partial charge in [0.25, 0.3) is 0 Å². The van der Waals surface area contributed by atoms with Crippen LogP contribution in [-0.2, 0) is 24.7 Å². The van der Waals surface area contributed by atoms with Crippen molar-refractivity contribution in [3.63, 3.8) is 0 Å². The van der Waals surface area contributed by atoms with E-state index >= 15 is 0 Å². The molecule has 0 radical (unpaired) electrons. The summed E-state index contributed by atoms with van der Waals surface area (Å²) in [6.45, 7) is 9.32. The van der Waals surface area contributed by atoms with Gasteiger partial charge in [-0.2, -0.15) is 0 Å². The van der Waals surface area contributed by atoms with Crippen molar-refractivity contribution in [1.29, 1.82) is 0 Å². The number of phosphoric ester groups is 1. The molecule has 1 amide bonds. The van der Waals surface area contributed by atoms with Crippen LogP contribution in [0.5, 0.6) is 0 Å². The van der Waals surface area contributed by atoms with Crippen molar-refractivity contribution < 1.29 is 87.2 Å². The number of hydrogen-bond donors (Lipinski definition) is 2. The molecule has 2 N–H and O–H groups in total. The summed E-state index contributed by atoms with van der Waals surface area (Å²) in [5.41, 5.74) is 4.31. The van der Waals surface area contributed by atoms with Gasteiger partial charge in [0.1, 0.15) is 17.6 Å². The zero-order valence-corrected chi connectivity index (χ0v) is 29.7. The predicted octanol–water partition coefficient (Wildman–Crippen LogP) is -1.25. The first-order valence-electron chi connectivity index (χ1n) is 13.0. The second-order valence-electron chi connectivity index (χ2n) is 11.4. The molecule has 1 aliphatic carbocycles. The molecule has 4 aromatic rings. The first-order chi connectivity index (χ1) is 18.3. The Kier molecular flexibility index (Phi) is 10.7. The van der Waals surface area contributed by atoms with Gasteiger partial charge in [-0.05, 0) is 80.1 Å². The van der Waals surface area contributed by atoms with Crippen molar-refractivity contribution in [2.75, 3.05) is 6.61 Å². The van der Waals surface area contributed by atoms with Gasteiger partial charge in [-0.3, -0.25) is 4.79 Å². The van der Waals surface area contributed by atoms with Gasteiger partial charge in [0.2, 0.25) is 5.91 Å². The maximum atomic E-state index is 14.0. The summed E-state index contributed by atoms with van der Waals surface area (Å²) in [5, 5.41) is 4.15. The number of benzene rings is 2. The van der Waals surface area contributed by atoms with E-state index in [-0.39, 0.29) is 71.6 Å². The molecule has 1 fully saturated rings. The number of phosphoric acid groups is 1. The third-order valence-electron chi connectivity index (χ3n) is 7.79. The number of nitrogens with one attached hydrogen (secondary N) is 2. The Balaban J connectivity index is 0.00000231. The molecule has 0 aliphatic heterocycles. The van der Waals surface area contributed by atoms with Crippen LogP contribution in [0.3, 0.4) is 0 Å². The number of carbonyl (C=O) groups excluding carboxylic acids is 1. The van der Waals surface area contributed by atoms with Crippen molar-refractivity contribution >= 4 is 24.6 Å². The maximum Gasteiger partial charge on any atom is 1.00 e. The number of carbonyl (C=O) groups is 1. The second-order valence-corrected chi connectivity index (χ2v) is 12.5. The van der Waals surface area contributed by atoms with Crippen LogP contribution in [0.15, 0.2) is 59.1 Å². The number of aromatic nitrogens is 1. The number of aromatic amines is 1. The van der Waals surface area contributed by atoms with Crippen LogP contribution in [0.4, 0.5) is 0 Å². The van der Waals surface area contributed by atoms with Crippen molar-refractivity contribution in [3.8, 4) is 0 Å². The Morgan fingerprint density at radius 2 is 1.80 bits per heavy atom. The van der Waals surface area contributed by atoms with Gasteiger partial charge in [-0.1, -0.05) is 43.7 Å². The summed E-state index contributed by atoms with van der Waals surface area (Å²) >= 11 is 0. The number of furan rings is 1. The molecule has 206 valence electrons. The fourth-order valence-corrected chi connectivity index (χ4v) is 5.88. The summed E-state index contributed by atoms with van der Waals surface area (Å²) in [4.78, 5) is 39.4. The number of H-pyrrole nitrogens is 1. The molecule has 1 saturated carbocycles. The molecule has 0 spiro atoms. The first-order valence-corrected chi connectivity index (χ1v) is 14.5. The smallest absolute Gasteiger partial charge is 0.790 e. The van der Waals surface area contributed by atoms with Crippen molar-refractivity contribution in [3.05, 3.63) is 94.1 Å². The van der Waals surface area contributed by atoms with E-state index in [0.29, 0.717) is 18.6 Å². The van der Waals surface area contributed by atoms with E-state index in [2.05, 4.69) is 20.9 Å². The zero-order chi connectivity index (χ0) is 28.2. The average molecular weight is 595 g/mol. The van der Waals surface area contributed by atoms with Crippen LogP contribution in [0.2, 0.25) is 0 Å². The summed E-state index contributed by atoms with van der Waals surface area (Å²) in [6, 6.07) is 15.4. The van der Waals surface area contributed by atoms with Gasteiger partial charge >= 0.3 is 59.1 Å². The quantitative estimate of drug-likeness (QED) is 0.184. The monoisotopic (exact) mass is 594 g/mol. The Morgan fingerprint density at radius 1 is 1.10 bits per heavy atom. The molecule has 2 aromatic carbocycles. The molecule has 8 nitrogen and oxygen atoms in total. The minimum atomic E-state index is -5.10. The molecular formula is C30H33N2Na2O6P. The van der Waals surface area contributed by atoms with Gasteiger partial charge in [0.05, 0.1) is 19.8 Å². The Labute approximate surface area is 284 Å². The minimum Gasteiger partial charge on any atom is -0.790 e. The molecule has 1 aliphatic rings. The van der Waals surface area contributed by atoms with Crippen LogP contribution >= 0.6 is 7.82 Å². The molecule has 2 aromatic heterocycles. The number of rotatable bonds is 9. The van der Waals surface area contributed by atoms with E-state index in [0.717, 1.165) is 44.5 Å². The van der Waals surface area contributed by atoms with Gasteiger partial charge in [-0.25, -0.2) is 0 Å². The van der Waals surface area contributed by atoms with Crippen LogP contribution in [0.25, 0.3) is 10.9 Å². The Hall–Kier alpha value is -1.16. The molecule has 0 bridgehead atoms. The molecule has 11 heteroatoms. The van der Waals surface area contributed by atoms with Gasteiger partial charge < -0.3 is 33.6 Å². The van der Waals surface area contributed by atoms with E-state index in [1.165, 1.54) is 0 Å². The summed E-state index contributed by atoms with van der Waals surface area (Å²) in [6.07, 6.45) is 3.22. The van der Waals surface area contributed by atoms with E-state index in [4.69, 9.17) is 4.42 Å². The Morgan fingerprint density at radius 3 is 2.39 bits per heavy atom. The number of fused-ring (bicyclic) bond motifs is 1. The Bertz CT molecular complexity index is 1600. The molecule has 41 heavy (non-hydrogen) atoms. The maximum absolute atomic E-state index is 14.0. The normalized spacial score (nSPS) is 15.1. The topological polar surface area (TPSA) is 130 Å². The molecular weight excluding hydrogens is 561 g/mol. The zero-order valence-electron chi connectivity index (χ0n) is 24.8. The molecule has 1 unspecified atom stereocenters. The van der Waals surface area contributed by atoms with Crippen molar-refractivity contribution in [2.24, 2.45) is 0 Å². The molecule has 0 saturated heterocycles. The standard InChI is InChI=1S/C30H35N2O6P.2Na/c1-18-6-9-22(19(2)14-18)27(26-11-7-20(3)38-26)32-28(33)30(12-13-30)21-8-10-25-23(15-21)24(16-31-25)29(4,5)17-37-39(34,35)36;;/h6-11,14-16,27,31H,12-13,17H2,1-5H3,(H,32,33)(H2,34,35,36);;/q;2*+1/p-2. The molecule has 2 heterocycles. The molecule has 5 rings (SSSR count). The van der Waals surface area contributed by atoms with Crippen LogP contribution in [0, 0.1) is 20.8 Å². The van der Waals surface area contributed by atoms with Crippen LogP contribution < -0.4 is 74.2 Å². The van der Waals surface area contributed by atoms with E-state index in [1.807, 2.05) is 77.1 Å². The SMILES string of the molecule is Cc1ccc(C(NC(=O)C2(c3ccc4[nH]cc(C(C)(C)COP(=O)([O-])[O-])c4c3)CC2)c2ccc(C)o2)c(C)c1.[Na+].[Na+]. The number of hydrogen-bond acceptors (Lipinski definition) is 6. The van der Waals surface area contributed by atoms with Crippen LogP contribution in [0.1, 0.15) is 72.1 Å². The number of aryl methyl sites for hydroxylation is 3. The van der Waals surface area contributed by atoms with E-state index in [1.54, 1.807) is 6.20 Å².